The first kappa shape index (κ1) is 14.5. The number of amides is 2. The Labute approximate surface area is 138 Å². The molecule has 0 aromatic carbocycles. The molecule has 1 saturated carbocycles. The van der Waals surface area contributed by atoms with Crippen LogP contribution in [0.25, 0.3) is 0 Å². The number of nitrogens with zero attached hydrogens (tertiary/aromatic N) is 2. The van der Waals surface area contributed by atoms with Crippen molar-refractivity contribution in [2.45, 2.75) is 12.3 Å². The molecule has 0 unspecified atom stereocenters. The molecule has 2 aromatic heterocycles. The van der Waals surface area contributed by atoms with E-state index in [2.05, 4.69) is 11.4 Å². The molecule has 2 atom stereocenters. The molecule has 2 fully saturated rings. The van der Waals surface area contributed by atoms with Crippen LogP contribution in [0.3, 0.4) is 0 Å². The van der Waals surface area contributed by atoms with Crippen LogP contribution in [0, 0.1) is 5.92 Å². The van der Waals surface area contributed by atoms with Crippen molar-refractivity contribution in [2.24, 2.45) is 5.92 Å². The first-order valence-corrected chi connectivity index (χ1v) is 8.77. The number of piperazine rings is 1. The fraction of sp³-hybridized carbons (Fsp3) is 0.412. The molecular formula is C17H18N2O3S. The minimum absolute atomic E-state index is 0.0926. The molecule has 2 amide bonds. The number of hydrogen-bond acceptors (Lipinski definition) is 4. The van der Waals surface area contributed by atoms with Crippen LogP contribution in [0.5, 0.6) is 0 Å². The van der Waals surface area contributed by atoms with Gasteiger partial charge >= 0.3 is 0 Å². The van der Waals surface area contributed by atoms with Crippen molar-refractivity contribution in [2.75, 3.05) is 26.2 Å². The number of furan rings is 1. The summed E-state index contributed by atoms with van der Waals surface area (Å²) >= 11 is 1.73. The molecule has 23 heavy (non-hydrogen) atoms. The Balaban J connectivity index is 1.32. The third-order valence-corrected chi connectivity index (χ3v) is 5.63. The van der Waals surface area contributed by atoms with Gasteiger partial charge in [0.2, 0.25) is 5.91 Å². The molecule has 2 aromatic rings. The van der Waals surface area contributed by atoms with E-state index in [1.807, 2.05) is 11.0 Å². The molecule has 0 radical (unpaired) electrons. The summed E-state index contributed by atoms with van der Waals surface area (Å²) in [6.07, 6.45) is 2.47. The van der Waals surface area contributed by atoms with Crippen LogP contribution in [0.1, 0.15) is 27.8 Å². The van der Waals surface area contributed by atoms with Crippen LogP contribution >= 0.6 is 11.3 Å². The summed E-state index contributed by atoms with van der Waals surface area (Å²) in [5.41, 5.74) is 0. The Kier molecular flexibility index (Phi) is 3.69. The first-order valence-electron chi connectivity index (χ1n) is 7.89. The van der Waals surface area contributed by atoms with Crippen LogP contribution in [0.4, 0.5) is 0 Å². The SMILES string of the molecule is O=C(c1ccco1)N1CCN(C(=O)[C@@H]2C[C@H]2c2cccs2)CC1. The normalized spacial score (nSPS) is 23.8. The lowest BCUT2D eigenvalue weighted by Crippen LogP contribution is -2.51. The molecule has 0 bridgehead atoms. The molecule has 1 saturated heterocycles. The Bertz CT molecular complexity index is 688. The first-order chi connectivity index (χ1) is 11.2. The monoisotopic (exact) mass is 330 g/mol. The lowest BCUT2D eigenvalue weighted by Gasteiger charge is -2.34. The zero-order valence-corrected chi connectivity index (χ0v) is 13.5. The fourth-order valence-corrected chi connectivity index (χ4v) is 4.11. The van der Waals surface area contributed by atoms with Gasteiger partial charge in [0, 0.05) is 42.9 Å². The summed E-state index contributed by atoms with van der Waals surface area (Å²) in [6.45, 7) is 2.36. The standard InChI is InChI=1S/C17H18N2O3S/c20-16(13-11-12(13)15-4-2-10-23-15)18-5-7-19(8-6-18)17(21)14-3-1-9-22-14/h1-4,9-10,12-13H,5-8,11H2/t12-,13-/m1/s1. The van der Waals surface area contributed by atoms with Gasteiger partial charge in [0.1, 0.15) is 0 Å². The number of carbonyl (C=O) groups excluding carboxylic acids is 2. The van der Waals surface area contributed by atoms with Crippen molar-refractivity contribution in [1.82, 2.24) is 9.80 Å². The summed E-state index contributed by atoms with van der Waals surface area (Å²) in [4.78, 5) is 29.8. The highest BCUT2D eigenvalue weighted by molar-refractivity contribution is 7.10. The van der Waals surface area contributed by atoms with E-state index in [-0.39, 0.29) is 17.7 Å². The van der Waals surface area contributed by atoms with Gasteiger partial charge in [0.15, 0.2) is 5.76 Å². The summed E-state index contributed by atoms with van der Waals surface area (Å²) in [6, 6.07) is 7.54. The highest BCUT2D eigenvalue weighted by Gasteiger charge is 2.46. The second-order valence-electron chi connectivity index (χ2n) is 6.06. The van der Waals surface area contributed by atoms with Crippen molar-refractivity contribution in [3.8, 4) is 0 Å². The van der Waals surface area contributed by atoms with E-state index in [9.17, 15) is 9.59 Å². The van der Waals surface area contributed by atoms with Crippen molar-refractivity contribution in [3.63, 3.8) is 0 Å². The highest BCUT2D eigenvalue weighted by atomic mass is 32.1. The number of rotatable bonds is 3. The van der Waals surface area contributed by atoms with Gasteiger partial charge in [0.05, 0.1) is 6.26 Å². The average Bonchev–Trinajstić information content (AvgIpc) is 3.00. The fourth-order valence-electron chi connectivity index (χ4n) is 3.21. The van der Waals surface area contributed by atoms with Gasteiger partial charge < -0.3 is 14.2 Å². The van der Waals surface area contributed by atoms with Crippen LogP contribution in [0.2, 0.25) is 0 Å². The lowest BCUT2D eigenvalue weighted by atomic mass is 10.2. The van der Waals surface area contributed by atoms with Crippen molar-refractivity contribution in [1.29, 1.82) is 0 Å². The van der Waals surface area contributed by atoms with E-state index in [1.165, 1.54) is 11.1 Å². The van der Waals surface area contributed by atoms with E-state index in [0.29, 0.717) is 37.9 Å². The highest BCUT2D eigenvalue weighted by Crippen LogP contribution is 2.50. The van der Waals surface area contributed by atoms with Gasteiger partial charge in [-0.25, -0.2) is 0 Å². The molecule has 3 heterocycles. The van der Waals surface area contributed by atoms with Gasteiger partial charge in [0.25, 0.3) is 5.91 Å². The second kappa shape index (κ2) is 5.85. The Morgan fingerprint density at radius 3 is 2.52 bits per heavy atom. The summed E-state index contributed by atoms with van der Waals surface area (Å²) in [5, 5.41) is 2.06. The Hall–Kier alpha value is -2.08. The molecule has 4 rings (SSSR count). The van der Waals surface area contributed by atoms with Crippen molar-refractivity contribution < 1.29 is 14.0 Å². The van der Waals surface area contributed by atoms with E-state index < -0.39 is 0 Å². The molecule has 120 valence electrons. The van der Waals surface area contributed by atoms with E-state index >= 15 is 0 Å². The van der Waals surface area contributed by atoms with E-state index in [4.69, 9.17) is 4.42 Å². The largest absolute Gasteiger partial charge is 0.459 e. The average molecular weight is 330 g/mol. The smallest absolute Gasteiger partial charge is 0.289 e. The van der Waals surface area contributed by atoms with Crippen molar-refractivity contribution in [3.05, 3.63) is 46.5 Å². The molecule has 5 nitrogen and oxygen atoms in total. The quantitative estimate of drug-likeness (QED) is 0.868. The Morgan fingerprint density at radius 1 is 1.09 bits per heavy atom. The zero-order chi connectivity index (χ0) is 15.8. The molecule has 6 heteroatoms. The maximum Gasteiger partial charge on any atom is 0.289 e. The second-order valence-corrected chi connectivity index (χ2v) is 7.04. The van der Waals surface area contributed by atoms with Crippen LogP contribution in [-0.4, -0.2) is 47.8 Å². The van der Waals surface area contributed by atoms with E-state index in [1.54, 1.807) is 28.4 Å². The maximum absolute atomic E-state index is 12.6. The molecule has 0 spiro atoms. The number of thiophene rings is 1. The summed E-state index contributed by atoms with van der Waals surface area (Å²) < 4.78 is 5.16. The Morgan fingerprint density at radius 2 is 1.87 bits per heavy atom. The van der Waals surface area contributed by atoms with Gasteiger partial charge in [-0.1, -0.05) is 6.07 Å². The van der Waals surface area contributed by atoms with Crippen LogP contribution in [-0.2, 0) is 4.79 Å². The maximum atomic E-state index is 12.6. The molecular weight excluding hydrogens is 312 g/mol. The van der Waals surface area contributed by atoms with Gasteiger partial charge in [-0.15, -0.1) is 11.3 Å². The lowest BCUT2D eigenvalue weighted by molar-refractivity contribution is -0.134. The predicted molar refractivity (Wildman–Crippen MR) is 86.4 cm³/mol. The third kappa shape index (κ3) is 2.79. The van der Waals surface area contributed by atoms with Gasteiger partial charge in [-0.3, -0.25) is 9.59 Å². The molecule has 1 aliphatic heterocycles. The summed E-state index contributed by atoms with van der Waals surface area (Å²) in [7, 11) is 0. The predicted octanol–water partition coefficient (Wildman–Crippen LogP) is 2.43. The summed E-state index contributed by atoms with van der Waals surface area (Å²) in [5.74, 6) is 1.06. The van der Waals surface area contributed by atoms with Gasteiger partial charge in [-0.05, 0) is 30.0 Å². The molecule has 0 N–H and O–H groups in total. The number of hydrogen-bond donors (Lipinski definition) is 0. The van der Waals surface area contributed by atoms with E-state index in [0.717, 1.165) is 6.42 Å². The molecule has 2 aliphatic rings. The van der Waals surface area contributed by atoms with Crippen molar-refractivity contribution >= 4 is 23.2 Å². The van der Waals surface area contributed by atoms with Gasteiger partial charge in [-0.2, -0.15) is 0 Å². The number of carbonyl (C=O) groups is 2. The topological polar surface area (TPSA) is 53.8 Å². The zero-order valence-electron chi connectivity index (χ0n) is 12.7. The minimum Gasteiger partial charge on any atom is -0.459 e. The molecule has 1 aliphatic carbocycles. The van der Waals surface area contributed by atoms with Crippen LogP contribution < -0.4 is 0 Å². The minimum atomic E-state index is -0.0926. The van der Waals surface area contributed by atoms with Crippen LogP contribution in [0.15, 0.2) is 40.3 Å². The third-order valence-electron chi connectivity index (χ3n) is 4.63.